The molecule has 0 saturated heterocycles. The number of carbonyl (C=O) groups excluding carboxylic acids is 1. The lowest BCUT2D eigenvalue weighted by Crippen LogP contribution is -2.06. The van der Waals surface area contributed by atoms with E-state index in [2.05, 4.69) is 54.4 Å². The van der Waals surface area contributed by atoms with Crippen LogP contribution in [-0.4, -0.2) is 24.2 Å². The number of esters is 1. The lowest BCUT2D eigenvalue weighted by molar-refractivity contribution is -0.143. The van der Waals surface area contributed by atoms with E-state index in [1.54, 1.807) is 0 Å². The van der Waals surface area contributed by atoms with Crippen molar-refractivity contribution in [2.45, 2.75) is 45.4 Å². The molecule has 0 fully saturated rings. The van der Waals surface area contributed by atoms with Crippen molar-refractivity contribution in [3.8, 4) is 5.75 Å². The molecule has 2 aromatic carbocycles. The topological polar surface area (TPSA) is 48.4 Å². The fourth-order valence-corrected chi connectivity index (χ4v) is 3.57. The van der Waals surface area contributed by atoms with Gasteiger partial charge in [-0.05, 0) is 68.5 Å². The first-order valence-electron chi connectivity index (χ1n) is 11.0. The van der Waals surface area contributed by atoms with Crippen LogP contribution < -0.4 is 4.74 Å². The number of carbonyl (C=O) groups is 1. The minimum atomic E-state index is -0.116. The van der Waals surface area contributed by atoms with Gasteiger partial charge in [0.2, 0.25) is 0 Å². The second kappa shape index (κ2) is 11.9. The molecule has 0 saturated carbocycles. The van der Waals surface area contributed by atoms with Gasteiger partial charge in [-0.25, -0.2) is 0 Å². The summed E-state index contributed by atoms with van der Waals surface area (Å²) in [4.78, 5) is 16.0. The van der Waals surface area contributed by atoms with Gasteiger partial charge in [0.15, 0.2) is 0 Å². The standard InChI is InChI=1S/C27H31NO3/c1-3-30-26(29)10-5-4-8-20-31-24-17-15-23(16-18-24)27(25-9-6-7-19-28-25)22-13-11-21(2)12-14-22/h6-7,9,11-19,27H,3-5,8,10,20H2,1-2H3. The molecule has 0 amide bonds. The Bertz CT molecular complexity index is 921. The van der Waals surface area contributed by atoms with Crippen molar-refractivity contribution in [1.29, 1.82) is 0 Å². The minimum Gasteiger partial charge on any atom is -0.494 e. The maximum absolute atomic E-state index is 11.3. The molecule has 3 rings (SSSR count). The second-order valence-corrected chi connectivity index (χ2v) is 7.63. The number of nitrogens with zero attached hydrogens (tertiary/aromatic N) is 1. The number of aromatic nitrogens is 1. The van der Waals surface area contributed by atoms with Crippen LogP contribution in [-0.2, 0) is 9.53 Å². The Balaban J connectivity index is 1.59. The highest BCUT2D eigenvalue weighted by Gasteiger charge is 2.18. The largest absolute Gasteiger partial charge is 0.494 e. The van der Waals surface area contributed by atoms with Crippen molar-refractivity contribution in [2.24, 2.45) is 0 Å². The molecular weight excluding hydrogens is 386 g/mol. The molecule has 1 aromatic heterocycles. The van der Waals surface area contributed by atoms with Crippen LogP contribution in [0.2, 0.25) is 0 Å². The monoisotopic (exact) mass is 417 g/mol. The Kier molecular flexibility index (Phi) is 8.65. The predicted molar refractivity (Wildman–Crippen MR) is 123 cm³/mol. The lowest BCUT2D eigenvalue weighted by atomic mass is 9.87. The zero-order valence-corrected chi connectivity index (χ0v) is 18.4. The van der Waals surface area contributed by atoms with Crippen LogP contribution in [0, 0.1) is 6.92 Å². The molecule has 0 spiro atoms. The van der Waals surface area contributed by atoms with Crippen molar-refractivity contribution in [2.75, 3.05) is 13.2 Å². The maximum atomic E-state index is 11.3. The number of hydrogen-bond donors (Lipinski definition) is 0. The van der Waals surface area contributed by atoms with Crippen molar-refractivity contribution >= 4 is 5.97 Å². The summed E-state index contributed by atoms with van der Waals surface area (Å²) in [5.74, 6) is 0.826. The number of pyridine rings is 1. The minimum absolute atomic E-state index is 0.0822. The van der Waals surface area contributed by atoms with Crippen molar-refractivity contribution in [1.82, 2.24) is 4.98 Å². The Hall–Kier alpha value is -3.14. The fourth-order valence-electron chi connectivity index (χ4n) is 3.57. The van der Waals surface area contributed by atoms with Gasteiger partial charge in [-0.15, -0.1) is 0 Å². The van der Waals surface area contributed by atoms with Crippen LogP contribution in [0.3, 0.4) is 0 Å². The molecule has 4 nitrogen and oxygen atoms in total. The number of benzene rings is 2. The molecule has 3 aromatic rings. The quantitative estimate of drug-likeness (QED) is 0.280. The van der Waals surface area contributed by atoms with Gasteiger partial charge in [0.25, 0.3) is 0 Å². The Labute approximate surface area is 185 Å². The van der Waals surface area contributed by atoms with Crippen molar-refractivity contribution in [3.63, 3.8) is 0 Å². The lowest BCUT2D eigenvalue weighted by Gasteiger charge is -2.18. The van der Waals surface area contributed by atoms with Gasteiger partial charge in [-0.2, -0.15) is 0 Å². The zero-order chi connectivity index (χ0) is 21.9. The molecule has 0 aliphatic rings. The predicted octanol–water partition coefficient (Wildman–Crippen LogP) is 6.07. The van der Waals surface area contributed by atoms with E-state index in [-0.39, 0.29) is 11.9 Å². The molecule has 1 unspecified atom stereocenters. The van der Waals surface area contributed by atoms with E-state index < -0.39 is 0 Å². The van der Waals surface area contributed by atoms with E-state index >= 15 is 0 Å². The van der Waals surface area contributed by atoms with Crippen LogP contribution in [0.25, 0.3) is 0 Å². The van der Waals surface area contributed by atoms with Gasteiger partial charge in [-0.3, -0.25) is 9.78 Å². The third kappa shape index (κ3) is 6.95. The number of hydrogen-bond acceptors (Lipinski definition) is 4. The third-order valence-corrected chi connectivity index (χ3v) is 5.21. The first-order valence-corrected chi connectivity index (χ1v) is 11.0. The molecule has 1 atom stereocenters. The van der Waals surface area contributed by atoms with Crippen molar-refractivity contribution < 1.29 is 14.3 Å². The molecule has 0 aliphatic heterocycles. The average Bonchev–Trinajstić information content (AvgIpc) is 2.79. The van der Waals surface area contributed by atoms with Crippen molar-refractivity contribution in [3.05, 3.63) is 95.3 Å². The summed E-state index contributed by atoms with van der Waals surface area (Å²) in [6.45, 7) is 5.02. The van der Waals surface area contributed by atoms with Crippen LogP contribution in [0.15, 0.2) is 72.9 Å². The van der Waals surface area contributed by atoms with Gasteiger partial charge in [-0.1, -0.05) is 48.0 Å². The van der Waals surface area contributed by atoms with Crippen LogP contribution in [0.1, 0.15) is 60.9 Å². The van der Waals surface area contributed by atoms with E-state index in [1.807, 2.05) is 37.4 Å². The first kappa shape index (κ1) is 22.5. The Morgan fingerprint density at radius 2 is 1.61 bits per heavy atom. The summed E-state index contributed by atoms with van der Waals surface area (Å²) < 4.78 is 10.8. The fraction of sp³-hybridized carbons (Fsp3) is 0.333. The molecule has 0 N–H and O–H groups in total. The summed E-state index contributed by atoms with van der Waals surface area (Å²) in [7, 11) is 0. The number of aryl methyl sites for hydroxylation is 1. The van der Waals surface area contributed by atoms with Gasteiger partial charge >= 0.3 is 5.97 Å². The smallest absolute Gasteiger partial charge is 0.305 e. The van der Waals surface area contributed by atoms with E-state index in [1.165, 1.54) is 16.7 Å². The van der Waals surface area contributed by atoms with Crippen LogP contribution >= 0.6 is 0 Å². The normalized spacial score (nSPS) is 11.7. The van der Waals surface area contributed by atoms with E-state index in [4.69, 9.17) is 9.47 Å². The molecule has 4 heteroatoms. The SMILES string of the molecule is CCOC(=O)CCCCCOc1ccc(C(c2ccc(C)cc2)c2ccccn2)cc1. The number of rotatable bonds is 11. The summed E-state index contributed by atoms with van der Waals surface area (Å²) >= 11 is 0. The second-order valence-electron chi connectivity index (χ2n) is 7.63. The molecule has 162 valence electrons. The summed E-state index contributed by atoms with van der Waals surface area (Å²) in [5.41, 5.74) is 4.68. The first-order chi connectivity index (χ1) is 15.2. The molecule has 0 radical (unpaired) electrons. The molecular formula is C27H31NO3. The molecule has 0 aliphatic carbocycles. The highest BCUT2D eigenvalue weighted by molar-refractivity contribution is 5.69. The molecule has 31 heavy (non-hydrogen) atoms. The Morgan fingerprint density at radius 1 is 0.903 bits per heavy atom. The molecule has 0 bridgehead atoms. The highest BCUT2D eigenvalue weighted by Crippen LogP contribution is 2.31. The van der Waals surface area contributed by atoms with E-state index in [0.29, 0.717) is 19.6 Å². The van der Waals surface area contributed by atoms with E-state index in [9.17, 15) is 4.79 Å². The van der Waals surface area contributed by atoms with Crippen LogP contribution in [0.5, 0.6) is 5.75 Å². The van der Waals surface area contributed by atoms with Gasteiger partial charge in [0, 0.05) is 12.6 Å². The third-order valence-electron chi connectivity index (χ3n) is 5.21. The molecule has 1 heterocycles. The summed E-state index contributed by atoms with van der Waals surface area (Å²) in [5, 5.41) is 0. The van der Waals surface area contributed by atoms with Gasteiger partial charge in [0.1, 0.15) is 5.75 Å². The Morgan fingerprint density at radius 3 is 2.26 bits per heavy atom. The van der Waals surface area contributed by atoms with Crippen LogP contribution in [0.4, 0.5) is 0 Å². The maximum Gasteiger partial charge on any atom is 0.305 e. The van der Waals surface area contributed by atoms with Gasteiger partial charge in [0.05, 0.1) is 24.8 Å². The number of ether oxygens (including phenoxy) is 2. The zero-order valence-electron chi connectivity index (χ0n) is 18.4. The van der Waals surface area contributed by atoms with Gasteiger partial charge < -0.3 is 9.47 Å². The highest BCUT2D eigenvalue weighted by atomic mass is 16.5. The summed E-state index contributed by atoms with van der Waals surface area (Å²) in [6, 6.07) is 23.0. The van der Waals surface area contributed by atoms with E-state index in [0.717, 1.165) is 30.7 Å². The average molecular weight is 418 g/mol. The summed E-state index contributed by atoms with van der Waals surface area (Å²) in [6.07, 6.45) is 5.03. The number of unbranched alkanes of at least 4 members (excludes halogenated alkanes) is 2.